The van der Waals surface area contributed by atoms with Gasteiger partial charge in [-0.15, -0.1) is 11.3 Å². The molecule has 1 amide bonds. The summed E-state index contributed by atoms with van der Waals surface area (Å²) in [6.45, 7) is 8.59. The number of carbonyl (C=O) groups excluding carboxylic acids is 1. The van der Waals surface area contributed by atoms with E-state index in [4.69, 9.17) is 4.74 Å². The van der Waals surface area contributed by atoms with Crippen molar-refractivity contribution in [2.75, 3.05) is 6.54 Å². The molecule has 2 N–H and O–H groups in total. The molecular weight excluding hydrogens is 284 g/mol. The molecule has 2 unspecified atom stereocenters. The topological polar surface area (TPSA) is 50.4 Å². The van der Waals surface area contributed by atoms with Crippen molar-refractivity contribution in [3.63, 3.8) is 0 Å². The highest BCUT2D eigenvalue weighted by molar-refractivity contribution is 7.10. The van der Waals surface area contributed by atoms with Gasteiger partial charge in [-0.05, 0) is 57.9 Å². The zero-order valence-corrected chi connectivity index (χ0v) is 14.1. The van der Waals surface area contributed by atoms with Gasteiger partial charge >= 0.3 is 6.09 Å². The third-order valence-corrected chi connectivity index (χ3v) is 4.56. The molecular formula is C16H26N2O2S. The lowest BCUT2D eigenvalue weighted by molar-refractivity contribution is 0.0497. The third kappa shape index (κ3) is 5.67. The molecule has 0 spiro atoms. The minimum absolute atomic E-state index is 0.155. The van der Waals surface area contributed by atoms with Crippen LogP contribution in [-0.2, 0) is 4.74 Å². The summed E-state index contributed by atoms with van der Waals surface area (Å²) in [5.41, 5.74) is -0.449. The van der Waals surface area contributed by atoms with E-state index in [1.807, 2.05) is 20.8 Å². The average molecular weight is 310 g/mol. The number of hydrogen-bond donors (Lipinski definition) is 2. The lowest BCUT2D eigenvalue weighted by Crippen LogP contribution is -2.45. The summed E-state index contributed by atoms with van der Waals surface area (Å²) >= 11 is 1.75. The van der Waals surface area contributed by atoms with Gasteiger partial charge in [0.05, 0.1) is 0 Å². The van der Waals surface area contributed by atoms with Crippen molar-refractivity contribution in [3.05, 3.63) is 22.4 Å². The summed E-state index contributed by atoms with van der Waals surface area (Å²) in [5, 5.41) is 8.62. The van der Waals surface area contributed by atoms with E-state index in [9.17, 15) is 4.79 Å². The van der Waals surface area contributed by atoms with E-state index < -0.39 is 5.60 Å². The Morgan fingerprint density at radius 3 is 2.71 bits per heavy atom. The van der Waals surface area contributed by atoms with Gasteiger partial charge in [0, 0.05) is 23.5 Å². The SMILES string of the molecule is CC(NCC(NC(=O)OC(C)(C)C)C1CC1)c1cccs1. The fourth-order valence-electron chi connectivity index (χ4n) is 2.24. The predicted octanol–water partition coefficient (Wildman–Crippen LogP) is 3.70. The van der Waals surface area contributed by atoms with Gasteiger partial charge < -0.3 is 15.4 Å². The second-order valence-corrected chi connectivity index (χ2v) is 7.71. The predicted molar refractivity (Wildman–Crippen MR) is 86.6 cm³/mol. The number of alkyl carbamates (subject to hydrolysis) is 1. The molecule has 1 aromatic rings. The third-order valence-electron chi connectivity index (χ3n) is 3.51. The number of thiophene rings is 1. The molecule has 1 aliphatic carbocycles. The summed E-state index contributed by atoms with van der Waals surface area (Å²) in [6.07, 6.45) is 2.07. The first-order valence-corrected chi connectivity index (χ1v) is 8.49. The van der Waals surface area contributed by atoms with E-state index in [0.717, 1.165) is 6.54 Å². The van der Waals surface area contributed by atoms with Crippen LogP contribution in [0.4, 0.5) is 4.79 Å². The van der Waals surface area contributed by atoms with Crippen LogP contribution in [-0.4, -0.2) is 24.3 Å². The highest BCUT2D eigenvalue weighted by atomic mass is 32.1. The zero-order valence-electron chi connectivity index (χ0n) is 13.3. The molecule has 1 aliphatic rings. The van der Waals surface area contributed by atoms with Gasteiger partial charge in [0.15, 0.2) is 0 Å². The number of amides is 1. The maximum Gasteiger partial charge on any atom is 0.407 e. The molecule has 1 aromatic heterocycles. The van der Waals surface area contributed by atoms with Crippen LogP contribution in [0.1, 0.15) is 51.5 Å². The minimum atomic E-state index is -0.449. The monoisotopic (exact) mass is 310 g/mol. The average Bonchev–Trinajstić information content (AvgIpc) is 3.06. The number of rotatable bonds is 6. The Labute approximate surface area is 131 Å². The van der Waals surface area contributed by atoms with E-state index >= 15 is 0 Å². The van der Waals surface area contributed by atoms with E-state index in [1.165, 1.54) is 17.7 Å². The number of nitrogens with one attached hydrogen (secondary N) is 2. The lowest BCUT2D eigenvalue weighted by Gasteiger charge is -2.25. The molecule has 0 radical (unpaired) electrons. The zero-order chi connectivity index (χ0) is 15.5. The highest BCUT2D eigenvalue weighted by Crippen LogP contribution is 2.33. The Morgan fingerprint density at radius 1 is 1.48 bits per heavy atom. The van der Waals surface area contributed by atoms with Crippen LogP contribution >= 0.6 is 11.3 Å². The smallest absolute Gasteiger partial charge is 0.407 e. The van der Waals surface area contributed by atoms with E-state index in [-0.39, 0.29) is 12.1 Å². The maximum absolute atomic E-state index is 11.9. The minimum Gasteiger partial charge on any atom is -0.444 e. The summed E-state index contributed by atoms with van der Waals surface area (Å²) in [7, 11) is 0. The van der Waals surface area contributed by atoms with Crippen molar-refractivity contribution in [2.24, 2.45) is 5.92 Å². The number of carbonyl (C=O) groups is 1. The van der Waals surface area contributed by atoms with Gasteiger partial charge in [-0.2, -0.15) is 0 Å². The van der Waals surface area contributed by atoms with Crippen LogP contribution in [0.5, 0.6) is 0 Å². The fourth-order valence-corrected chi connectivity index (χ4v) is 2.99. The second kappa shape index (κ2) is 6.79. The van der Waals surface area contributed by atoms with Gasteiger partial charge in [0.2, 0.25) is 0 Å². The molecule has 0 bridgehead atoms. The Kier molecular flexibility index (Phi) is 5.27. The van der Waals surface area contributed by atoms with Crippen molar-refractivity contribution in [2.45, 2.75) is 58.2 Å². The molecule has 4 nitrogen and oxygen atoms in total. The first kappa shape index (κ1) is 16.3. The molecule has 118 valence electrons. The highest BCUT2D eigenvalue weighted by Gasteiger charge is 2.33. The standard InChI is InChI=1S/C16H26N2O2S/c1-11(14-6-5-9-21-14)17-10-13(12-7-8-12)18-15(19)20-16(2,3)4/h5-6,9,11-13,17H,7-8,10H2,1-4H3,(H,18,19). The normalized spacial score (nSPS) is 18.1. The second-order valence-electron chi connectivity index (χ2n) is 6.74. The number of hydrogen-bond acceptors (Lipinski definition) is 4. The summed E-state index contributed by atoms with van der Waals surface area (Å²) in [5.74, 6) is 0.584. The van der Waals surface area contributed by atoms with Crippen LogP contribution in [0.15, 0.2) is 17.5 Å². The molecule has 5 heteroatoms. The van der Waals surface area contributed by atoms with Crippen LogP contribution in [0.25, 0.3) is 0 Å². The van der Waals surface area contributed by atoms with Crippen LogP contribution in [0.2, 0.25) is 0 Å². The molecule has 0 aromatic carbocycles. The van der Waals surface area contributed by atoms with Crippen LogP contribution in [0, 0.1) is 5.92 Å². The van der Waals surface area contributed by atoms with E-state index in [1.54, 1.807) is 11.3 Å². The van der Waals surface area contributed by atoms with Gasteiger partial charge in [-0.3, -0.25) is 0 Å². The summed E-state index contributed by atoms with van der Waals surface area (Å²) < 4.78 is 5.35. The number of ether oxygens (including phenoxy) is 1. The first-order chi connectivity index (χ1) is 9.85. The van der Waals surface area contributed by atoms with Gasteiger partial charge in [-0.25, -0.2) is 4.79 Å². The molecule has 2 rings (SSSR count). The first-order valence-electron chi connectivity index (χ1n) is 7.61. The van der Waals surface area contributed by atoms with E-state index in [2.05, 4.69) is 35.1 Å². The Bertz CT molecular complexity index is 449. The van der Waals surface area contributed by atoms with Gasteiger partial charge in [0.25, 0.3) is 0 Å². The molecule has 1 fully saturated rings. The van der Waals surface area contributed by atoms with Crippen molar-refractivity contribution >= 4 is 17.4 Å². The quantitative estimate of drug-likeness (QED) is 0.842. The summed E-state index contributed by atoms with van der Waals surface area (Å²) in [4.78, 5) is 13.2. The van der Waals surface area contributed by atoms with Crippen molar-refractivity contribution in [1.82, 2.24) is 10.6 Å². The molecule has 0 aliphatic heterocycles. The Balaban J connectivity index is 1.81. The van der Waals surface area contributed by atoms with Crippen LogP contribution in [0.3, 0.4) is 0 Å². The van der Waals surface area contributed by atoms with E-state index in [0.29, 0.717) is 12.0 Å². The van der Waals surface area contributed by atoms with Crippen molar-refractivity contribution in [1.29, 1.82) is 0 Å². The largest absolute Gasteiger partial charge is 0.444 e. The van der Waals surface area contributed by atoms with Crippen LogP contribution < -0.4 is 10.6 Å². The van der Waals surface area contributed by atoms with Gasteiger partial charge in [-0.1, -0.05) is 6.07 Å². The molecule has 21 heavy (non-hydrogen) atoms. The fraction of sp³-hybridized carbons (Fsp3) is 0.688. The summed E-state index contributed by atoms with van der Waals surface area (Å²) in [6, 6.07) is 4.67. The Morgan fingerprint density at radius 2 is 2.19 bits per heavy atom. The lowest BCUT2D eigenvalue weighted by atomic mass is 10.1. The van der Waals surface area contributed by atoms with Crippen molar-refractivity contribution in [3.8, 4) is 0 Å². The molecule has 0 saturated heterocycles. The molecule has 2 atom stereocenters. The molecule has 1 heterocycles. The van der Waals surface area contributed by atoms with Gasteiger partial charge in [0.1, 0.15) is 5.60 Å². The molecule has 1 saturated carbocycles. The Hall–Kier alpha value is -1.07. The van der Waals surface area contributed by atoms with Crippen molar-refractivity contribution < 1.29 is 9.53 Å². The maximum atomic E-state index is 11.9.